The number of hydrogen-bond acceptors (Lipinski definition) is 5. The van der Waals surface area contributed by atoms with Crippen LogP contribution in [0.15, 0.2) is 64.3 Å². The maximum Gasteiger partial charge on any atom is 0.346 e. The number of nitrogens with zero attached hydrogens (tertiary/aromatic N) is 3. The Balaban J connectivity index is 1.52. The van der Waals surface area contributed by atoms with E-state index in [0.717, 1.165) is 18.4 Å². The predicted octanol–water partition coefficient (Wildman–Crippen LogP) is 2.03. The highest BCUT2D eigenvalue weighted by Gasteiger charge is 2.30. The minimum Gasteiger partial charge on any atom is -0.497 e. The first-order chi connectivity index (χ1) is 14.0. The molecule has 0 saturated heterocycles. The zero-order chi connectivity index (χ0) is 20.4. The number of benzene rings is 2. The molecule has 1 aliphatic rings. The molecule has 8 nitrogen and oxygen atoms in total. The molecule has 1 fully saturated rings. The number of sulfonamides is 1. The number of methoxy groups -OCH3 is 1. The molecular formula is C20H22N4O4S. The van der Waals surface area contributed by atoms with Gasteiger partial charge in [-0.1, -0.05) is 36.4 Å². The second-order valence-corrected chi connectivity index (χ2v) is 8.64. The maximum atomic E-state index is 12.8. The fourth-order valence-electron chi connectivity index (χ4n) is 3.15. The van der Waals surface area contributed by atoms with Crippen LogP contribution in [0.5, 0.6) is 5.75 Å². The highest BCUT2D eigenvalue weighted by molar-refractivity contribution is 7.89. The summed E-state index contributed by atoms with van der Waals surface area (Å²) in [4.78, 5) is 12.9. The van der Waals surface area contributed by atoms with Gasteiger partial charge in [0, 0.05) is 24.2 Å². The van der Waals surface area contributed by atoms with Crippen LogP contribution >= 0.6 is 0 Å². The fraction of sp³-hybridized carbons (Fsp3) is 0.300. The third-order valence-corrected chi connectivity index (χ3v) is 6.24. The van der Waals surface area contributed by atoms with Crippen molar-refractivity contribution in [2.75, 3.05) is 13.7 Å². The summed E-state index contributed by atoms with van der Waals surface area (Å²) in [6.45, 7) is 0.191. The van der Waals surface area contributed by atoms with Crippen molar-refractivity contribution in [1.82, 2.24) is 19.1 Å². The molecule has 0 unspecified atom stereocenters. The minimum absolute atomic E-state index is 0.0510. The number of rotatable bonds is 8. The number of nitrogens with one attached hydrogen (secondary N) is 1. The molecule has 1 aliphatic carbocycles. The average Bonchev–Trinajstić information content (AvgIpc) is 3.52. The normalized spacial score (nSPS) is 14.1. The lowest BCUT2D eigenvalue weighted by Gasteiger charge is -2.08. The molecule has 0 radical (unpaired) electrons. The van der Waals surface area contributed by atoms with Gasteiger partial charge in [-0.05, 0) is 25.0 Å². The van der Waals surface area contributed by atoms with Crippen molar-refractivity contribution in [2.45, 2.75) is 30.3 Å². The van der Waals surface area contributed by atoms with Crippen LogP contribution in [0.2, 0.25) is 0 Å². The fourth-order valence-corrected chi connectivity index (χ4v) is 4.21. The van der Waals surface area contributed by atoms with Gasteiger partial charge >= 0.3 is 5.69 Å². The van der Waals surface area contributed by atoms with Crippen LogP contribution in [0.4, 0.5) is 0 Å². The van der Waals surface area contributed by atoms with Crippen molar-refractivity contribution in [3.63, 3.8) is 0 Å². The van der Waals surface area contributed by atoms with Crippen molar-refractivity contribution in [2.24, 2.45) is 0 Å². The van der Waals surface area contributed by atoms with Crippen LogP contribution in [0, 0.1) is 0 Å². The second kappa shape index (κ2) is 7.84. The topological polar surface area (TPSA) is 95.2 Å². The first-order valence-electron chi connectivity index (χ1n) is 9.38. The zero-order valence-corrected chi connectivity index (χ0v) is 16.8. The SMILES string of the molecule is COc1cccc(S(=O)(=O)NCCn2nc(-c3ccccc3)n(C3CC3)c2=O)c1. The highest BCUT2D eigenvalue weighted by atomic mass is 32.2. The molecule has 152 valence electrons. The molecular weight excluding hydrogens is 392 g/mol. The summed E-state index contributed by atoms with van der Waals surface area (Å²) in [5.74, 6) is 1.08. The second-order valence-electron chi connectivity index (χ2n) is 6.87. The summed E-state index contributed by atoms with van der Waals surface area (Å²) in [5, 5.41) is 4.47. The number of ether oxygens (including phenoxy) is 1. The van der Waals surface area contributed by atoms with Crippen LogP contribution in [0.25, 0.3) is 11.4 Å². The quantitative estimate of drug-likeness (QED) is 0.609. The Labute approximate surface area is 168 Å². The van der Waals surface area contributed by atoms with Gasteiger partial charge in [0.15, 0.2) is 5.82 Å². The van der Waals surface area contributed by atoms with Gasteiger partial charge in [0.05, 0.1) is 18.6 Å². The molecule has 0 aliphatic heterocycles. The molecule has 3 aromatic rings. The van der Waals surface area contributed by atoms with E-state index in [4.69, 9.17) is 4.74 Å². The van der Waals surface area contributed by atoms with Crippen LogP contribution in [-0.4, -0.2) is 36.4 Å². The van der Waals surface area contributed by atoms with Gasteiger partial charge in [0.2, 0.25) is 10.0 Å². The first kappa shape index (κ1) is 19.4. The largest absolute Gasteiger partial charge is 0.497 e. The smallest absolute Gasteiger partial charge is 0.346 e. The van der Waals surface area contributed by atoms with Crippen molar-refractivity contribution in [1.29, 1.82) is 0 Å². The molecule has 1 saturated carbocycles. The molecule has 2 aromatic carbocycles. The summed E-state index contributed by atoms with van der Waals surface area (Å²) in [5.41, 5.74) is 0.652. The van der Waals surface area contributed by atoms with E-state index in [1.165, 1.54) is 23.9 Å². The van der Waals surface area contributed by atoms with Crippen molar-refractivity contribution in [3.8, 4) is 17.1 Å². The molecule has 9 heteroatoms. The molecule has 0 atom stereocenters. The lowest BCUT2D eigenvalue weighted by atomic mass is 10.2. The summed E-state index contributed by atoms with van der Waals surface area (Å²) in [6, 6.07) is 15.9. The Bertz CT molecular complexity index is 1160. The summed E-state index contributed by atoms with van der Waals surface area (Å²) >= 11 is 0. The van der Waals surface area contributed by atoms with E-state index in [1.54, 1.807) is 16.7 Å². The van der Waals surface area contributed by atoms with Crippen LogP contribution in [0.3, 0.4) is 0 Å². The van der Waals surface area contributed by atoms with E-state index in [-0.39, 0.29) is 29.7 Å². The summed E-state index contributed by atoms with van der Waals surface area (Å²) in [7, 11) is -2.24. The van der Waals surface area contributed by atoms with Gasteiger partial charge in [-0.2, -0.15) is 0 Å². The molecule has 0 amide bonds. The van der Waals surface area contributed by atoms with Gasteiger partial charge in [0.25, 0.3) is 0 Å². The third kappa shape index (κ3) is 4.10. The van der Waals surface area contributed by atoms with Gasteiger partial charge in [-0.25, -0.2) is 22.6 Å². The average molecular weight is 414 g/mol. The van der Waals surface area contributed by atoms with Gasteiger partial charge in [0.1, 0.15) is 5.75 Å². The zero-order valence-electron chi connectivity index (χ0n) is 16.0. The third-order valence-electron chi connectivity index (χ3n) is 4.78. The van der Waals surface area contributed by atoms with E-state index in [9.17, 15) is 13.2 Å². The van der Waals surface area contributed by atoms with Gasteiger partial charge in [-0.15, -0.1) is 5.10 Å². The summed E-state index contributed by atoms with van der Waals surface area (Å²) in [6.07, 6.45) is 1.90. The van der Waals surface area contributed by atoms with Crippen LogP contribution in [-0.2, 0) is 16.6 Å². The molecule has 4 rings (SSSR count). The highest BCUT2D eigenvalue weighted by Crippen LogP contribution is 2.36. The molecule has 0 bridgehead atoms. The van der Waals surface area contributed by atoms with Crippen molar-refractivity contribution >= 4 is 10.0 Å². The molecule has 1 N–H and O–H groups in total. The molecule has 29 heavy (non-hydrogen) atoms. The Morgan fingerprint density at radius 2 is 1.90 bits per heavy atom. The van der Waals surface area contributed by atoms with Gasteiger partial charge < -0.3 is 4.74 Å². The molecule has 0 spiro atoms. The Hall–Kier alpha value is -2.91. The van der Waals surface area contributed by atoms with E-state index in [0.29, 0.717) is 11.6 Å². The maximum absolute atomic E-state index is 12.8. The number of hydrogen-bond donors (Lipinski definition) is 1. The lowest BCUT2D eigenvalue weighted by molar-refractivity contribution is 0.413. The first-order valence-corrected chi connectivity index (χ1v) is 10.9. The Morgan fingerprint density at radius 1 is 1.14 bits per heavy atom. The molecule has 1 heterocycles. The van der Waals surface area contributed by atoms with E-state index in [1.807, 2.05) is 30.3 Å². The minimum atomic E-state index is -3.72. The molecule has 1 aromatic heterocycles. The van der Waals surface area contributed by atoms with Crippen molar-refractivity contribution < 1.29 is 13.2 Å². The van der Waals surface area contributed by atoms with E-state index < -0.39 is 10.0 Å². The van der Waals surface area contributed by atoms with Crippen LogP contribution in [0.1, 0.15) is 18.9 Å². The van der Waals surface area contributed by atoms with E-state index >= 15 is 0 Å². The Kier molecular flexibility index (Phi) is 5.25. The van der Waals surface area contributed by atoms with Crippen molar-refractivity contribution in [3.05, 3.63) is 65.1 Å². The Morgan fingerprint density at radius 3 is 2.59 bits per heavy atom. The predicted molar refractivity (Wildman–Crippen MR) is 108 cm³/mol. The van der Waals surface area contributed by atoms with E-state index in [2.05, 4.69) is 9.82 Å². The standard InChI is InChI=1S/C20H22N4O4S/c1-28-17-8-5-9-18(14-17)29(26,27)21-12-13-23-20(25)24(16-10-11-16)19(22-23)15-6-3-2-4-7-15/h2-9,14,16,21H,10-13H2,1H3. The lowest BCUT2D eigenvalue weighted by Crippen LogP contribution is -2.32. The number of aromatic nitrogens is 3. The summed E-state index contributed by atoms with van der Waals surface area (Å²) < 4.78 is 35.7. The van der Waals surface area contributed by atoms with Gasteiger partial charge in [-0.3, -0.25) is 4.57 Å². The monoisotopic (exact) mass is 414 g/mol. The van der Waals surface area contributed by atoms with Crippen LogP contribution < -0.4 is 15.1 Å².